The predicted octanol–water partition coefficient (Wildman–Crippen LogP) is 0.664. The average Bonchev–Trinajstić information content (AvgIpc) is 2.27. The Morgan fingerprint density at radius 3 is 2.67 bits per heavy atom. The summed E-state index contributed by atoms with van der Waals surface area (Å²) in [6.45, 7) is -0.227. The van der Waals surface area contributed by atoms with Crippen molar-refractivity contribution in [1.82, 2.24) is 0 Å². The van der Waals surface area contributed by atoms with E-state index in [4.69, 9.17) is 10.5 Å². The van der Waals surface area contributed by atoms with Gasteiger partial charge in [0.25, 0.3) is 5.69 Å². The lowest BCUT2D eigenvalue weighted by Gasteiger charge is -2.18. The van der Waals surface area contributed by atoms with Crippen LogP contribution in [0.15, 0.2) is 12.1 Å². The summed E-state index contributed by atoms with van der Waals surface area (Å²) in [5, 5.41) is 10.8. The summed E-state index contributed by atoms with van der Waals surface area (Å²) in [6, 6.07) is 1.89. The zero-order chi connectivity index (χ0) is 13.9. The molecule has 0 fully saturated rings. The minimum atomic E-state index is -0.847. The summed E-state index contributed by atoms with van der Waals surface area (Å²) in [4.78, 5) is 22.1. The van der Waals surface area contributed by atoms with Crippen molar-refractivity contribution >= 4 is 17.3 Å². The number of likely N-dealkylation sites (N-methyl/N-ethyl adjacent to an activating group) is 1. The molecule has 2 N–H and O–H groups in total. The third-order valence-corrected chi connectivity index (χ3v) is 2.25. The van der Waals surface area contributed by atoms with Crippen LogP contribution in [0.5, 0.6) is 5.75 Å². The number of nitrogens with zero attached hydrogens (tertiary/aromatic N) is 2. The summed E-state index contributed by atoms with van der Waals surface area (Å²) in [5.41, 5.74) is 4.59. The second-order valence-corrected chi connectivity index (χ2v) is 3.55. The van der Waals surface area contributed by atoms with Crippen molar-refractivity contribution in [3.05, 3.63) is 28.1 Å². The zero-order valence-electron chi connectivity index (χ0n) is 9.84. The molecule has 8 heteroatoms. The summed E-state index contributed by atoms with van der Waals surface area (Å²) in [6.07, 6.45) is 0. The fraction of sp³-hybridized carbons (Fsp3) is 0.300. The molecule has 1 aromatic carbocycles. The van der Waals surface area contributed by atoms with Gasteiger partial charge in [-0.2, -0.15) is 0 Å². The summed E-state index contributed by atoms with van der Waals surface area (Å²) < 4.78 is 18.1. The summed E-state index contributed by atoms with van der Waals surface area (Å²) in [5.74, 6) is -1.65. The lowest BCUT2D eigenvalue weighted by atomic mass is 10.2. The maximum absolute atomic E-state index is 13.4. The van der Waals surface area contributed by atoms with Gasteiger partial charge >= 0.3 is 0 Å². The van der Waals surface area contributed by atoms with Crippen LogP contribution in [0.3, 0.4) is 0 Å². The highest BCUT2D eigenvalue weighted by Gasteiger charge is 2.22. The Balaban J connectivity index is 3.29. The normalized spacial score (nSPS) is 9.94. The largest absolute Gasteiger partial charge is 0.494 e. The molecule has 0 radical (unpaired) electrons. The number of anilines is 1. The van der Waals surface area contributed by atoms with E-state index < -0.39 is 22.3 Å². The molecule has 7 nitrogen and oxygen atoms in total. The minimum Gasteiger partial charge on any atom is -0.494 e. The quantitative estimate of drug-likeness (QED) is 0.617. The Bertz CT molecular complexity index is 492. The van der Waals surface area contributed by atoms with Crippen molar-refractivity contribution in [2.75, 3.05) is 25.6 Å². The van der Waals surface area contributed by atoms with E-state index in [0.29, 0.717) is 0 Å². The van der Waals surface area contributed by atoms with Gasteiger partial charge < -0.3 is 15.4 Å². The van der Waals surface area contributed by atoms with Gasteiger partial charge in [0, 0.05) is 13.1 Å². The first-order valence-corrected chi connectivity index (χ1v) is 4.88. The Labute approximate surface area is 102 Å². The molecular weight excluding hydrogens is 245 g/mol. The number of hydrogen-bond donors (Lipinski definition) is 1. The molecule has 0 aromatic heterocycles. The van der Waals surface area contributed by atoms with Gasteiger partial charge in [-0.15, -0.1) is 0 Å². The second kappa shape index (κ2) is 5.30. The van der Waals surface area contributed by atoms with E-state index in [1.54, 1.807) is 0 Å². The molecule has 0 saturated carbocycles. The monoisotopic (exact) mass is 257 g/mol. The molecule has 0 saturated heterocycles. The maximum Gasteiger partial charge on any atom is 0.295 e. The number of methoxy groups -OCH3 is 1. The van der Waals surface area contributed by atoms with Crippen molar-refractivity contribution in [2.24, 2.45) is 5.73 Å². The lowest BCUT2D eigenvalue weighted by molar-refractivity contribution is -0.384. The molecule has 1 rings (SSSR count). The maximum atomic E-state index is 13.4. The van der Waals surface area contributed by atoms with Gasteiger partial charge in [0.2, 0.25) is 5.91 Å². The van der Waals surface area contributed by atoms with Crippen molar-refractivity contribution in [2.45, 2.75) is 0 Å². The van der Waals surface area contributed by atoms with E-state index in [-0.39, 0.29) is 18.0 Å². The van der Waals surface area contributed by atoms with Gasteiger partial charge in [-0.3, -0.25) is 14.9 Å². The molecule has 0 bridgehead atoms. The van der Waals surface area contributed by atoms with E-state index in [2.05, 4.69) is 0 Å². The number of benzene rings is 1. The number of hydrogen-bond acceptors (Lipinski definition) is 5. The summed E-state index contributed by atoms with van der Waals surface area (Å²) >= 11 is 0. The molecular formula is C10H12FN3O4. The first-order chi connectivity index (χ1) is 8.36. The van der Waals surface area contributed by atoms with Crippen LogP contribution in [0, 0.1) is 15.9 Å². The Morgan fingerprint density at radius 2 is 2.22 bits per heavy atom. The fourth-order valence-electron chi connectivity index (χ4n) is 1.46. The van der Waals surface area contributed by atoms with Crippen LogP contribution in [0.25, 0.3) is 0 Å². The van der Waals surface area contributed by atoms with Crippen LogP contribution < -0.4 is 15.4 Å². The lowest BCUT2D eigenvalue weighted by Crippen LogP contribution is -2.31. The van der Waals surface area contributed by atoms with E-state index in [1.165, 1.54) is 19.1 Å². The van der Waals surface area contributed by atoms with Crippen LogP contribution in [0.2, 0.25) is 0 Å². The highest BCUT2D eigenvalue weighted by atomic mass is 19.1. The SMILES string of the molecule is COc1cc(N(C)CC(N)=O)c([N+](=O)[O-])cc1F. The zero-order valence-corrected chi connectivity index (χ0v) is 9.84. The van der Waals surface area contributed by atoms with Crippen LogP contribution in [-0.4, -0.2) is 31.5 Å². The number of primary amides is 1. The Kier molecular flexibility index (Phi) is 4.03. The third-order valence-electron chi connectivity index (χ3n) is 2.25. The number of halogens is 1. The minimum absolute atomic E-state index is 0.0528. The van der Waals surface area contributed by atoms with E-state index in [9.17, 15) is 19.3 Å². The van der Waals surface area contributed by atoms with Crippen LogP contribution >= 0.6 is 0 Å². The number of ether oxygens (including phenoxy) is 1. The van der Waals surface area contributed by atoms with E-state index in [0.717, 1.165) is 12.1 Å². The number of nitrogens with two attached hydrogens (primary N) is 1. The molecule has 1 aromatic rings. The van der Waals surface area contributed by atoms with Crippen molar-refractivity contribution in [3.63, 3.8) is 0 Å². The van der Waals surface area contributed by atoms with Crippen LogP contribution in [0.1, 0.15) is 0 Å². The fourth-order valence-corrected chi connectivity index (χ4v) is 1.46. The first kappa shape index (κ1) is 13.7. The topological polar surface area (TPSA) is 98.7 Å². The van der Waals surface area contributed by atoms with Gasteiger partial charge in [-0.05, 0) is 0 Å². The van der Waals surface area contributed by atoms with Crippen LogP contribution in [-0.2, 0) is 4.79 Å². The molecule has 18 heavy (non-hydrogen) atoms. The van der Waals surface area contributed by atoms with Gasteiger partial charge in [0.15, 0.2) is 11.6 Å². The third kappa shape index (κ3) is 2.84. The second-order valence-electron chi connectivity index (χ2n) is 3.55. The van der Waals surface area contributed by atoms with E-state index >= 15 is 0 Å². The Morgan fingerprint density at radius 1 is 1.61 bits per heavy atom. The number of nitro benzene ring substituents is 1. The number of carbonyl (C=O) groups is 1. The molecule has 0 spiro atoms. The highest BCUT2D eigenvalue weighted by Crippen LogP contribution is 2.33. The predicted molar refractivity (Wildman–Crippen MR) is 62.1 cm³/mol. The van der Waals surface area contributed by atoms with Gasteiger partial charge in [-0.25, -0.2) is 4.39 Å². The van der Waals surface area contributed by atoms with Crippen LogP contribution in [0.4, 0.5) is 15.8 Å². The first-order valence-electron chi connectivity index (χ1n) is 4.88. The number of rotatable bonds is 5. The summed E-state index contributed by atoms with van der Waals surface area (Å²) in [7, 11) is 2.67. The standard InChI is InChI=1S/C10H12FN3O4/c1-13(5-10(12)15)7-4-9(18-2)6(11)3-8(7)14(16)17/h3-4H,5H2,1-2H3,(H2,12,15). The smallest absolute Gasteiger partial charge is 0.295 e. The molecule has 0 aliphatic rings. The Hall–Kier alpha value is -2.38. The van der Waals surface area contributed by atoms with Gasteiger partial charge in [0.1, 0.15) is 5.69 Å². The number of amides is 1. The molecule has 0 aliphatic heterocycles. The van der Waals surface area contributed by atoms with Crippen molar-refractivity contribution in [3.8, 4) is 5.75 Å². The average molecular weight is 257 g/mol. The van der Waals surface area contributed by atoms with Gasteiger partial charge in [0.05, 0.1) is 24.6 Å². The molecule has 0 unspecified atom stereocenters. The molecule has 98 valence electrons. The van der Waals surface area contributed by atoms with Crippen molar-refractivity contribution in [1.29, 1.82) is 0 Å². The highest BCUT2D eigenvalue weighted by molar-refractivity contribution is 5.81. The van der Waals surface area contributed by atoms with Crippen molar-refractivity contribution < 1.29 is 18.8 Å². The molecule has 1 amide bonds. The number of nitro groups is 1. The van der Waals surface area contributed by atoms with E-state index in [1.807, 2.05) is 0 Å². The molecule has 0 atom stereocenters. The number of carbonyl (C=O) groups excluding carboxylic acids is 1. The molecule has 0 heterocycles. The molecule has 0 aliphatic carbocycles. The van der Waals surface area contributed by atoms with Gasteiger partial charge in [-0.1, -0.05) is 0 Å².